The van der Waals surface area contributed by atoms with Gasteiger partial charge in [-0.05, 0) is 19.1 Å². The van der Waals surface area contributed by atoms with E-state index in [0.717, 1.165) is 11.3 Å². The molecule has 0 saturated heterocycles. The fourth-order valence-electron chi connectivity index (χ4n) is 1.89. The molecule has 0 fully saturated rings. The summed E-state index contributed by atoms with van der Waals surface area (Å²) in [6.45, 7) is 2.20. The molecule has 0 amide bonds. The van der Waals surface area contributed by atoms with Crippen LogP contribution in [-0.2, 0) is 6.61 Å². The molecule has 0 radical (unpaired) electrons. The first-order valence-corrected chi connectivity index (χ1v) is 6.21. The van der Waals surface area contributed by atoms with Gasteiger partial charge < -0.3 is 19.9 Å². The van der Waals surface area contributed by atoms with Gasteiger partial charge in [-0.2, -0.15) is 0 Å². The Morgan fingerprint density at radius 2 is 1.90 bits per heavy atom. The zero-order chi connectivity index (χ0) is 14.5. The highest BCUT2D eigenvalue weighted by Crippen LogP contribution is 2.30. The molecular weight excluding hydrogens is 256 g/mol. The summed E-state index contributed by atoms with van der Waals surface area (Å²) in [6.07, 6.45) is 1.66. The minimum absolute atomic E-state index is 0.282. The Hall–Kier alpha value is -2.43. The maximum atomic E-state index is 5.85. The highest BCUT2D eigenvalue weighted by Gasteiger charge is 2.12. The van der Waals surface area contributed by atoms with Gasteiger partial charge in [-0.3, -0.25) is 4.98 Å². The van der Waals surface area contributed by atoms with Crippen LogP contribution >= 0.6 is 0 Å². The summed E-state index contributed by atoms with van der Waals surface area (Å²) in [7, 11) is 3.17. The molecule has 0 saturated carbocycles. The van der Waals surface area contributed by atoms with E-state index in [4.69, 9.17) is 19.9 Å². The molecule has 1 aromatic heterocycles. The zero-order valence-electron chi connectivity index (χ0n) is 11.8. The number of anilines is 1. The number of pyridine rings is 1. The number of nitrogen functional groups attached to an aromatic ring is 1. The average Bonchev–Trinajstić information content (AvgIpc) is 2.48. The van der Waals surface area contributed by atoms with Crippen LogP contribution in [0.25, 0.3) is 0 Å². The van der Waals surface area contributed by atoms with E-state index in [-0.39, 0.29) is 6.61 Å². The highest BCUT2D eigenvalue weighted by molar-refractivity contribution is 5.53. The van der Waals surface area contributed by atoms with Crippen molar-refractivity contribution in [1.29, 1.82) is 0 Å². The van der Waals surface area contributed by atoms with Gasteiger partial charge in [-0.1, -0.05) is 6.07 Å². The Morgan fingerprint density at radius 1 is 1.10 bits per heavy atom. The summed E-state index contributed by atoms with van der Waals surface area (Å²) in [5.41, 5.74) is 8.14. The summed E-state index contributed by atoms with van der Waals surface area (Å²) in [5, 5.41) is 0. The molecule has 2 rings (SSSR count). The summed E-state index contributed by atoms with van der Waals surface area (Å²) in [4.78, 5) is 4.26. The normalized spacial score (nSPS) is 10.2. The zero-order valence-corrected chi connectivity index (χ0v) is 11.8. The van der Waals surface area contributed by atoms with Gasteiger partial charge in [-0.15, -0.1) is 0 Å². The lowest BCUT2D eigenvalue weighted by molar-refractivity contribution is 0.283. The number of benzene rings is 1. The van der Waals surface area contributed by atoms with Crippen LogP contribution in [0.3, 0.4) is 0 Å². The van der Waals surface area contributed by atoms with E-state index in [0.29, 0.717) is 22.9 Å². The van der Waals surface area contributed by atoms with Gasteiger partial charge in [0, 0.05) is 23.5 Å². The van der Waals surface area contributed by atoms with Gasteiger partial charge in [0.15, 0.2) is 11.5 Å². The number of ether oxygens (including phenoxy) is 3. The van der Waals surface area contributed by atoms with Crippen molar-refractivity contribution in [2.75, 3.05) is 20.0 Å². The molecule has 5 nitrogen and oxygen atoms in total. The van der Waals surface area contributed by atoms with Crippen LogP contribution in [0.2, 0.25) is 0 Å². The maximum absolute atomic E-state index is 5.85. The number of hydrogen-bond donors (Lipinski definition) is 1. The van der Waals surface area contributed by atoms with Gasteiger partial charge in [0.2, 0.25) is 0 Å². The number of nitrogens with zero attached hydrogens (tertiary/aromatic N) is 1. The lowest BCUT2D eigenvalue weighted by Gasteiger charge is -2.14. The number of aromatic nitrogens is 1. The smallest absolute Gasteiger partial charge is 0.185 e. The van der Waals surface area contributed by atoms with Crippen LogP contribution < -0.4 is 19.9 Å². The van der Waals surface area contributed by atoms with Crippen LogP contribution in [0.5, 0.6) is 17.2 Å². The van der Waals surface area contributed by atoms with E-state index in [1.165, 1.54) is 0 Å². The van der Waals surface area contributed by atoms with Crippen molar-refractivity contribution in [3.8, 4) is 17.2 Å². The molecule has 0 aliphatic rings. The van der Waals surface area contributed by atoms with E-state index in [1.54, 1.807) is 26.5 Å². The standard InChI is InChI=1S/C15H18N2O3/c1-10-11(16)5-4-6-13(10)20-9-12-15(19-3)14(18-2)7-8-17-12/h4-8H,9,16H2,1-3H3. The van der Waals surface area contributed by atoms with Crippen molar-refractivity contribution in [2.24, 2.45) is 0 Å². The molecule has 5 heteroatoms. The Kier molecular flexibility index (Phi) is 4.30. The summed E-state index contributed by atoms with van der Waals surface area (Å²) < 4.78 is 16.3. The Bertz CT molecular complexity index is 600. The molecule has 106 valence electrons. The van der Waals surface area contributed by atoms with Gasteiger partial charge in [-0.25, -0.2) is 0 Å². The summed E-state index contributed by atoms with van der Waals surface area (Å²) in [6, 6.07) is 7.31. The second-order valence-electron chi connectivity index (χ2n) is 4.25. The Balaban J connectivity index is 2.21. The first-order valence-electron chi connectivity index (χ1n) is 6.21. The largest absolute Gasteiger partial charge is 0.493 e. The molecule has 0 aliphatic carbocycles. The van der Waals surface area contributed by atoms with Gasteiger partial charge in [0.25, 0.3) is 0 Å². The monoisotopic (exact) mass is 274 g/mol. The van der Waals surface area contributed by atoms with Crippen molar-refractivity contribution in [2.45, 2.75) is 13.5 Å². The molecule has 0 atom stereocenters. The van der Waals surface area contributed by atoms with Gasteiger partial charge in [0.05, 0.1) is 14.2 Å². The van der Waals surface area contributed by atoms with E-state index in [9.17, 15) is 0 Å². The third-order valence-corrected chi connectivity index (χ3v) is 3.06. The molecule has 2 aromatic rings. The second kappa shape index (κ2) is 6.14. The van der Waals surface area contributed by atoms with Crippen LogP contribution in [0.1, 0.15) is 11.3 Å². The number of nitrogens with two attached hydrogens (primary N) is 1. The van der Waals surface area contributed by atoms with Gasteiger partial charge >= 0.3 is 0 Å². The van der Waals surface area contributed by atoms with Crippen molar-refractivity contribution in [3.05, 3.63) is 41.7 Å². The van der Waals surface area contributed by atoms with Crippen molar-refractivity contribution < 1.29 is 14.2 Å². The molecule has 0 bridgehead atoms. The first-order chi connectivity index (χ1) is 9.67. The van der Waals surface area contributed by atoms with Crippen LogP contribution in [0.15, 0.2) is 30.5 Å². The van der Waals surface area contributed by atoms with Crippen LogP contribution in [0.4, 0.5) is 5.69 Å². The molecule has 20 heavy (non-hydrogen) atoms. The molecule has 0 spiro atoms. The predicted octanol–water partition coefficient (Wildman–Crippen LogP) is 2.57. The summed E-state index contributed by atoms with van der Waals surface area (Å²) >= 11 is 0. The third kappa shape index (κ3) is 2.77. The fraction of sp³-hybridized carbons (Fsp3) is 0.267. The third-order valence-electron chi connectivity index (χ3n) is 3.06. The van der Waals surface area contributed by atoms with E-state index >= 15 is 0 Å². The first kappa shape index (κ1) is 14.0. The predicted molar refractivity (Wildman–Crippen MR) is 77.3 cm³/mol. The van der Waals surface area contributed by atoms with Crippen LogP contribution in [0, 0.1) is 6.92 Å². The lowest BCUT2D eigenvalue weighted by Crippen LogP contribution is -2.04. The lowest BCUT2D eigenvalue weighted by atomic mass is 10.2. The molecule has 0 unspecified atom stereocenters. The molecular formula is C15H18N2O3. The second-order valence-corrected chi connectivity index (χ2v) is 4.25. The average molecular weight is 274 g/mol. The maximum Gasteiger partial charge on any atom is 0.185 e. The molecule has 1 aromatic carbocycles. The quantitative estimate of drug-likeness (QED) is 0.849. The van der Waals surface area contributed by atoms with E-state index in [2.05, 4.69) is 4.98 Å². The highest BCUT2D eigenvalue weighted by atomic mass is 16.5. The van der Waals surface area contributed by atoms with E-state index < -0.39 is 0 Å². The number of methoxy groups -OCH3 is 2. The van der Waals surface area contributed by atoms with E-state index in [1.807, 2.05) is 25.1 Å². The number of hydrogen-bond acceptors (Lipinski definition) is 5. The van der Waals surface area contributed by atoms with Crippen LogP contribution in [-0.4, -0.2) is 19.2 Å². The minimum Gasteiger partial charge on any atom is -0.493 e. The summed E-state index contributed by atoms with van der Waals surface area (Å²) in [5.74, 6) is 1.94. The van der Waals surface area contributed by atoms with Crippen molar-refractivity contribution in [3.63, 3.8) is 0 Å². The Morgan fingerprint density at radius 3 is 2.60 bits per heavy atom. The molecule has 2 N–H and O–H groups in total. The Labute approximate surface area is 118 Å². The fourth-order valence-corrected chi connectivity index (χ4v) is 1.89. The van der Waals surface area contributed by atoms with Crippen molar-refractivity contribution >= 4 is 5.69 Å². The molecule has 0 aliphatic heterocycles. The topological polar surface area (TPSA) is 66.6 Å². The van der Waals surface area contributed by atoms with Crippen molar-refractivity contribution in [1.82, 2.24) is 4.98 Å². The number of rotatable bonds is 5. The van der Waals surface area contributed by atoms with Gasteiger partial charge in [0.1, 0.15) is 18.1 Å². The molecule has 1 heterocycles. The SMILES string of the molecule is COc1ccnc(COc2cccc(N)c2C)c1OC. The minimum atomic E-state index is 0.282.